The summed E-state index contributed by atoms with van der Waals surface area (Å²) in [5.41, 5.74) is 0. The summed E-state index contributed by atoms with van der Waals surface area (Å²) in [5.74, 6) is 0. The molecule has 0 rings (SSSR count). The fraction of sp³-hybridized carbons (Fsp3) is 1.00. The quantitative estimate of drug-likeness (QED) is 0.646. The SMILES string of the molecule is CCC(C)N(C(C)CC)C(O)CC. The largest absolute Gasteiger partial charge is 0.378 e. The van der Waals surface area contributed by atoms with Crippen molar-refractivity contribution in [2.75, 3.05) is 0 Å². The Balaban J connectivity index is 4.34. The summed E-state index contributed by atoms with van der Waals surface area (Å²) in [4.78, 5) is 2.22. The van der Waals surface area contributed by atoms with Crippen molar-refractivity contribution in [3.05, 3.63) is 0 Å². The zero-order valence-corrected chi connectivity index (χ0v) is 9.75. The lowest BCUT2D eigenvalue weighted by atomic mass is 10.1. The van der Waals surface area contributed by atoms with Crippen LogP contribution in [0, 0.1) is 0 Å². The van der Waals surface area contributed by atoms with Crippen molar-refractivity contribution in [2.24, 2.45) is 0 Å². The first-order chi connectivity index (χ1) is 6.08. The molecule has 0 aromatic carbocycles. The molecule has 0 aliphatic carbocycles. The van der Waals surface area contributed by atoms with Gasteiger partial charge in [0.2, 0.25) is 0 Å². The van der Waals surface area contributed by atoms with Crippen molar-refractivity contribution >= 4 is 0 Å². The fourth-order valence-corrected chi connectivity index (χ4v) is 1.65. The van der Waals surface area contributed by atoms with E-state index in [9.17, 15) is 5.11 Å². The number of aliphatic hydroxyl groups excluding tert-OH is 1. The first-order valence-electron chi connectivity index (χ1n) is 5.53. The molecule has 0 fully saturated rings. The van der Waals surface area contributed by atoms with Crippen molar-refractivity contribution in [3.63, 3.8) is 0 Å². The van der Waals surface area contributed by atoms with Gasteiger partial charge >= 0.3 is 0 Å². The molecule has 13 heavy (non-hydrogen) atoms. The highest BCUT2D eigenvalue weighted by molar-refractivity contribution is 4.73. The van der Waals surface area contributed by atoms with E-state index in [-0.39, 0.29) is 6.23 Å². The fourth-order valence-electron chi connectivity index (χ4n) is 1.65. The average molecular weight is 187 g/mol. The highest BCUT2D eigenvalue weighted by Gasteiger charge is 2.23. The van der Waals surface area contributed by atoms with Crippen molar-refractivity contribution in [2.45, 2.75) is 72.2 Å². The molecule has 0 spiro atoms. The van der Waals surface area contributed by atoms with Crippen LogP contribution in [0.2, 0.25) is 0 Å². The Kier molecular flexibility index (Phi) is 6.35. The zero-order chi connectivity index (χ0) is 10.4. The summed E-state index contributed by atoms with van der Waals surface area (Å²) in [7, 11) is 0. The number of rotatable bonds is 6. The second-order valence-corrected chi connectivity index (χ2v) is 3.85. The molecule has 2 heteroatoms. The van der Waals surface area contributed by atoms with Crippen molar-refractivity contribution in [3.8, 4) is 0 Å². The summed E-state index contributed by atoms with van der Waals surface area (Å²) in [6, 6.07) is 0.954. The normalized spacial score (nSPS) is 18.7. The Bertz CT molecular complexity index is 103. The Morgan fingerprint density at radius 2 is 1.31 bits per heavy atom. The summed E-state index contributed by atoms with van der Waals surface area (Å²) >= 11 is 0. The first-order valence-corrected chi connectivity index (χ1v) is 5.53. The molecule has 0 amide bonds. The molecule has 3 unspecified atom stereocenters. The molecule has 3 atom stereocenters. The predicted molar refractivity (Wildman–Crippen MR) is 57.6 cm³/mol. The van der Waals surface area contributed by atoms with E-state index < -0.39 is 0 Å². The maximum absolute atomic E-state index is 9.85. The lowest BCUT2D eigenvalue weighted by Crippen LogP contribution is -2.46. The van der Waals surface area contributed by atoms with E-state index in [2.05, 4.69) is 32.6 Å². The molecule has 0 saturated heterocycles. The van der Waals surface area contributed by atoms with Gasteiger partial charge in [-0.15, -0.1) is 0 Å². The molecule has 0 heterocycles. The van der Waals surface area contributed by atoms with Crippen LogP contribution in [0.1, 0.15) is 53.9 Å². The highest BCUT2D eigenvalue weighted by atomic mass is 16.3. The standard InChI is InChI=1S/C11H25NO/c1-6-9(4)12(10(5)7-2)11(13)8-3/h9-11,13H,6-8H2,1-5H3. The average Bonchev–Trinajstić information content (AvgIpc) is 2.16. The van der Waals surface area contributed by atoms with E-state index in [1.165, 1.54) is 0 Å². The molecule has 0 aromatic rings. The van der Waals surface area contributed by atoms with E-state index in [1.807, 2.05) is 6.92 Å². The number of hydrogen-bond donors (Lipinski definition) is 1. The van der Waals surface area contributed by atoms with Crippen LogP contribution in [0.15, 0.2) is 0 Å². The third kappa shape index (κ3) is 3.65. The van der Waals surface area contributed by atoms with Crippen LogP contribution in [0.3, 0.4) is 0 Å². The van der Waals surface area contributed by atoms with Crippen molar-refractivity contribution in [1.82, 2.24) is 4.90 Å². The van der Waals surface area contributed by atoms with Gasteiger partial charge in [-0.3, -0.25) is 4.90 Å². The molecule has 2 nitrogen and oxygen atoms in total. The molecule has 0 bridgehead atoms. The Morgan fingerprint density at radius 3 is 1.54 bits per heavy atom. The van der Waals surface area contributed by atoms with Gasteiger partial charge in [-0.25, -0.2) is 0 Å². The van der Waals surface area contributed by atoms with Crippen molar-refractivity contribution < 1.29 is 5.11 Å². The molecule has 1 N–H and O–H groups in total. The third-order valence-electron chi connectivity index (χ3n) is 2.91. The van der Waals surface area contributed by atoms with E-state index >= 15 is 0 Å². The summed E-state index contributed by atoms with van der Waals surface area (Å²) < 4.78 is 0. The first kappa shape index (κ1) is 12.9. The molecular formula is C11H25NO. The second-order valence-electron chi connectivity index (χ2n) is 3.85. The molecular weight excluding hydrogens is 162 g/mol. The van der Waals surface area contributed by atoms with E-state index in [0.29, 0.717) is 12.1 Å². The van der Waals surface area contributed by atoms with Crippen LogP contribution in [0.4, 0.5) is 0 Å². The molecule has 0 saturated carbocycles. The summed E-state index contributed by atoms with van der Waals surface area (Å²) in [5, 5.41) is 9.85. The topological polar surface area (TPSA) is 23.5 Å². The number of aliphatic hydroxyl groups is 1. The van der Waals surface area contributed by atoms with Crippen LogP contribution in [0.5, 0.6) is 0 Å². The lowest BCUT2D eigenvalue weighted by molar-refractivity contribution is -0.0490. The minimum absolute atomic E-state index is 0.273. The molecule has 0 aliphatic heterocycles. The van der Waals surface area contributed by atoms with Gasteiger partial charge in [0.1, 0.15) is 6.23 Å². The minimum Gasteiger partial charge on any atom is -0.378 e. The van der Waals surface area contributed by atoms with Crippen LogP contribution in [-0.4, -0.2) is 28.3 Å². The van der Waals surface area contributed by atoms with Gasteiger partial charge in [0.05, 0.1) is 0 Å². The van der Waals surface area contributed by atoms with Crippen molar-refractivity contribution in [1.29, 1.82) is 0 Å². The van der Waals surface area contributed by atoms with E-state index in [4.69, 9.17) is 0 Å². The van der Waals surface area contributed by atoms with Crippen LogP contribution >= 0.6 is 0 Å². The Labute approximate surface area is 82.9 Å². The van der Waals surface area contributed by atoms with Gasteiger partial charge in [-0.2, -0.15) is 0 Å². The molecule has 80 valence electrons. The maximum Gasteiger partial charge on any atom is 0.107 e. The molecule has 0 radical (unpaired) electrons. The third-order valence-corrected chi connectivity index (χ3v) is 2.91. The van der Waals surface area contributed by atoms with Gasteiger partial charge in [-0.1, -0.05) is 20.8 Å². The zero-order valence-electron chi connectivity index (χ0n) is 9.75. The van der Waals surface area contributed by atoms with E-state index in [1.54, 1.807) is 0 Å². The molecule has 0 aromatic heterocycles. The predicted octanol–water partition coefficient (Wildman–Crippen LogP) is 2.61. The van der Waals surface area contributed by atoms with Gasteiger partial charge in [0.25, 0.3) is 0 Å². The minimum atomic E-state index is -0.273. The second kappa shape index (κ2) is 6.39. The number of nitrogens with zero attached hydrogens (tertiary/aromatic N) is 1. The van der Waals surface area contributed by atoms with Gasteiger partial charge in [-0.05, 0) is 33.1 Å². The smallest absolute Gasteiger partial charge is 0.107 e. The summed E-state index contributed by atoms with van der Waals surface area (Å²) in [6.07, 6.45) is 2.74. The van der Waals surface area contributed by atoms with Crippen LogP contribution < -0.4 is 0 Å². The lowest BCUT2D eigenvalue weighted by Gasteiger charge is -2.37. The van der Waals surface area contributed by atoms with Gasteiger partial charge in [0, 0.05) is 12.1 Å². The Morgan fingerprint density at radius 1 is 0.923 bits per heavy atom. The number of hydrogen-bond acceptors (Lipinski definition) is 2. The van der Waals surface area contributed by atoms with Crippen LogP contribution in [-0.2, 0) is 0 Å². The summed E-state index contributed by atoms with van der Waals surface area (Å²) in [6.45, 7) is 10.7. The monoisotopic (exact) mass is 187 g/mol. The molecule has 0 aliphatic rings. The van der Waals surface area contributed by atoms with E-state index in [0.717, 1.165) is 19.3 Å². The van der Waals surface area contributed by atoms with Gasteiger partial charge < -0.3 is 5.11 Å². The van der Waals surface area contributed by atoms with Crippen LogP contribution in [0.25, 0.3) is 0 Å². The Hall–Kier alpha value is -0.0800. The highest BCUT2D eigenvalue weighted by Crippen LogP contribution is 2.15. The maximum atomic E-state index is 9.85. The van der Waals surface area contributed by atoms with Gasteiger partial charge in [0.15, 0.2) is 0 Å².